The summed E-state index contributed by atoms with van der Waals surface area (Å²) in [5.74, 6) is 0.463. The predicted molar refractivity (Wildman–Crippen MR) is 95.9 cm³/mol. The van der Waals surface area contributed by atoms with Crippen LogP contribution in [-0.2, 0) is 0 Å². The normalized spacial score (nSPS) is 10.4. The predicted octanol–water partition coefficient (Wildman–Crippen LogP) is 4.24. The Morgan fingerprint density at radius 2 is 1.65 bits per heavy atom. The van der Waals surface area contributed by atoms with Crippen LogP contribution in [0.2, 0.25) is 0 Å². The van der Waals surface area contributed by atoms with Gasteiger partial charge in [0.2, 0.25) is 5.95 Å². The maximum Gasteiger partial charge on any atom is 0.256 e. The Labute approximate surface area is 145 Å². The summed E-state index contributed by atoms with van der Waals surface area (Å²) >= 11 is 3.39. The second-order valence-electron chi connectivity index (χ2n) is 5.22. The zero-order valence-corrected chi connectivity index (χ0v) is 15.0. The lowest BCUT2D eigenvalue weighted by molar-refractivity contribution is 0.0755. The molecule has 1 heterocycles. The molecule has 1 N–H and O–H groups in total. The molecule has 23 heavy (non-hydrogen) atoms. The third-order valence-electron chi connectivity index (χ3n) is 3.27. The molecule has 0 bridgehead atoms. The number of carbonyl (C=O) groups excluding carboxylic acids is 1. The standard InChI is InChI=1S/C17H21BrN4O/c1-3-9-22(10-4-2)16(23)13-11-19-17(20-12-13)21-15-7-5-14(18)6-8-15/h5-8,11-12H,3-4,9-10H2,1-2H3,(H,19,20,21). The fourth-order valence-corrected chi connectivity index (χ4v) is 2.47. The Kier molecular flexibility index (Phi) is 6.52. The lowest BCUT2D eigenvalue weighted by Crippen LogP contribution is -2.32. The summed E-state index contributed by atoms with van der Waals surface area (Å²) in [6.45, 7) is 5.65. The van der Waals surface area contributed by atoms with E-state index in [0.29, 0.717) is 11.5 Å². The number of carbonyl (C=O) groups is 1. The summed E-state index contributed by atoms with van der Waals surface area (Å²) in [4.78, 5) is 22.8. The molecule has 0 atom stereocenters. The van der Waals surface area contributed by atoms with Crippen LogP contribution < -0.4 is 5.32 Å². The number of hydrogen-bond acceptors (Lipinski definition) is 4. The number of benzene rings is 1. The van der Waals surface area contributed by atoms with Gasteiger partial charge in [0.15, 0.2) is 0 Å². The first-order chi connectivity index (χ1) is 11.1. The van der Waals surface area contributed by atoms with E-state index < -0.39 is 0 Å². The van der Waals surface area contributed by atoms with Crippen molar-refractivity contribution in [3.05, 3.63) is 46.7 Å². The quantitative estimate of drug-likeness (QED) is 0.784. The van der Waals surface area contributed by atoms with Crippen molar-refractivity contribution in [2.24, 2.45) is 0 Å². The smallest absolute Gasteiger partial charge is 0.256 e. The number of halogens is 1. The zero-order chi connectivity index (χ0) is 16.7. The highest BCUT2D eigenvalue weighted by atomic mass is 79.9. The van der Waals surface area contributed by atoms with Crippen LogP contribution in [0.15, 0.2) is 41.1 Å². The molecule has 1 amide bonds. The molecular weight excluding hydrogens is 356 g/mol. The molecule has 122 valence electrons. The fraction of sp³-hybridized carbons (Fsp3) is 0.353. The molecule has 0 spiro atoms. The van der Waals surface area contributed by atoms with Gasteiger partial charge >= 0.3 is 0 Å². The van der Waals surface area contributed by atoms with Crippen molar-refractivity contribution in [1.29, 1.82) is 0 Å². The highest BCUT2D eigenvalue weighted by Crippen LogP contribution is 2.17. The minimum Gasteiger partial charge on any atom is -0.339 e. The van der Waals surface area contributed by atoms with Gasteiger partial charge in [0.25, 0.3) is 5.91 Å². The van der Waals surface area contributed by atoms with Crippen LogP contribution in [0, 0.1) is 0 Å². The van der Waals surface area contributed by atoms with E-state index in [1.54, 1.807) is 12.4 Å². The van der Waals surface area contributed by atoms with E-state index in [1.165, 1.54) is 0 Å². The molecule has 6 heteroatoms. The van der Waals surface area contributed by atoms with Gasteiger partial charge in [-0.1, -0.05) is 29.8 Å². The highest BCUT2D eigenvalue weighted by Gasteiger charge is 2.15. The first-order valence-electron chi connectivity index (χ1n) is 7.78. The van der Waals surface area contributed by atoms with Gasteiger partial charge in [-0.15, -0.1) is 0 Å². The van der Waals surface area contributed by atoms with E-state index in [9.17, 15) is 4.79 Å². The first kappa shape index (κ1) is 17.4. The largest absolute Gasteiger partial charge is 0.339 e. The lowest BCUT2D eigenvalue weighted by Gasteiger charge is -2.21. The number of nitrogens with one attached hydrogen (secondary N) is 1. The zero-order valence-electron chi connectivity index (χ0n) is 13.4. The number of hydrogen-bond donors (Lipinski definition) is 1. The summed E-state index contributed by atoms with van der Waals surface area (Å²) in [6, 6.07) is 7.73. The summed E-state index contributed by atoms with van der Waals surface area (Å²) in [5, 5.41) is 3.11. The Balaban J connectivity index is 2.05. The molecule has 0 aliphatic carbocycles. The van der Waals surface area contributed by atoms with Crippen molar-refractivity contribution in [3.63, 3.8) is 0 Å². The molecule has 2 aromatic rings. The summed E-state index contributed by atoms with van der Waals surface area (Å²) < 4.78 is 1.01. The fourth-order valence-electron chi connectivity index (χ4n) is 2.20. The van der Waals surface area contributed by atoms with Crippen LogP contribution in [0.4, 0.5) is 11.6 Å². The van der Waals surface area contributed by atoms with Crippen LogP contribution in [0.1, 0.15) is 37.0 Å². The minimum absolute atomic E-state index is 0.0103. The summed E-state index contributed by atoms with van der Waals surface area (Å²) in [6.07, 6.45) is 5.04. The van der Waals surface area contributed by atoms with Gasteiger partial charge in [0, 0.05) is 35.6 Å². The van der Waals surface area contributed by atoms with Gasteiger partial charge < -0.3 is 10.2 Å². The topological polar surface area (TPSA) is 58.1 Å². The number of anilines is 2. The Morgan fingerprint density at radius 1 is 1.09 bits per heavy atom. The monoisotopic (exact) mass is 376 g/mol. The summed E-state index contributed by atoms with van der Waals surface area (Å²) in [5.41, 5.74) is 1.42. The molecule has 2 rings (SSSR count). The minimum atomic E-state index is -0.0103. The van der Waals surface area contributed by atoms with Crippen LogP contribution >= 0.6 is 15.9 Å². The average Bonchev–Trinajstić information content (AvgIpc) is 2.57. The van der Waals surface area contributed by atoms with Crippen molar-refractivity contribution in [2.75, 3.05) is 18.4 Å². The van der Waals surface area contributed by atoms with Gasteiger partial charge in [-0.25, -0.2) is 9.97 Å². The van der Waals surface area contributed by atoms with Gasteiger partial charge in [0.05, 0.1) is 5.56 Å². The van der Waals surface area contributed by atoms with Gasteiger partial charge in [-0.3, -0.25) is 4.79 Å². The SMILES string of the molecule is CCCN(CCC)C(=O)c1cnc(Nc2ccc(Br)cc2)nc1. The molecule has 1 aromatic carbocycles. The molecule has 0 fully saturated rings. The van der Waals surface area contributed by atoms with E-state index in [0.717, 1.165) is 36.1 Å². The molecule has 0 radical (unpaired) electrons. The number of amides is 1. The second kappa shape index (κ2) is 8.62. The second-order valence-corrected chi connectivity index (χ2v) is 6.14. The van der Waals surface area contributed by atoms with Crippen molar-refractivity contribution in [3.8, 4) is 0 Å². The maximum atomic E-state index is 12.5. The van der Waals surface area contributed by atoms with Gasteiger partial charge in [-0.2, -0.15) is 0 Å². The van der Waals surface area contributed by atoms with E-state index in [1.807, 2.05) is 29.2 Å². The first-order valence-corrected chi connectivity index (χ1v) is 8.57. The maximum absolute atomic E-state index is 12.5. The third kappa shape index (κ3) is 5.03. The van der Waals surface area contributed by atoms with E-state index in [-0.39, 0.29) is 5.91 Å². The molecule has 5 nitrogen and oxygen atoms in total. The molecule has 0 aliphatic rings. The third-order valence-corrected chi connectivity index (χ3v) is 3.80. The number of rotatable bonds is 7. The van der Waals surface area contributed by atoms with Crippen LogP contribution in [0.25, 0.3) is 0 Å². The van der Waals surface area contributed by atoms with Crippen molar-refractivity contribution in [1.82, 2.24) is 14.9 Å². The molecule has 1 aromatic heterocycles. The van der Waals surface area contributed by atoms with E-state index in [4.69, 9.17) is 0 Å². The lowest BCUT2D eigenvalue weighted by atomic mass is 10.2. The van der Waals surface area contributed by atoms with Crippen molar-refractivity contribution < 1.29 is 4.79 Å². The van der Waals surface area contributed by atoms with Gasteiger partial charge in [0.1, 0.15) is 0 Å². The van der Waals surface area contributed by atoms with E-state index in [2.05, 4.69) is 45.1 Å². The van der Waals surface area contributed by atoms with Crippen LogP contribution in [-0.4, -0.2) is 33.9 Å². The molecule has 0 saturated carbocycles. The van der Waals surface area contributed by atoms with Crippen molar-refractivity contribution in [2.45, 2.75) is 26.7 Å². The van der Waals surface area contributed by atoms with Crippen LogP contribution in [0.5, 0.6) is 0 Å². The number of nitrogens with zero attached hydrogens (tertiary/aromatic N) is 3. The van der Waals surface area contributed by atoms with Crippen molar-refractivity contribution >= 4 is 33.5 Å². The Bertz CT molecular complexity index is 622. The molecule has 0 aliphatic heterocycles. The molecule has 0 unspecified atom stereocenters. The van der Waals surface area contributed by atoms with E-state index >= 15 is 0 Å². The Morgan fingerprint density at radius 3 is 2.17 bits per heavy atom. The van der Waals surface area contributed by atoms with Gasteiger partial charge in [-0.05, 0) is 37.1 Å². The highest BCUT2D eigenvalue weighted by molar-refractivity contribution is 9.10. The molecule has 0 saturated heterocycles. The average molecular weight is 377 g/mol. The molecular formula is C17H21BrN4O. The van der Waals surface area contributed by atoms with Crippen LogP contribution in [0.3, 0.4) is 0 Å². The Hall–Kier alpha value is -1.95. The summed E-state index contributed by atoms with van der Waals surface area (Å²) in [7, 11) is 0. The number of aromatic nitrogens is 2.